The number of rotatable bonds is 7. The molecular formula is C15H17N3O4. The van der Waals surface area contributed by atoms with Gasteiger partial charge in [-0.25, -0.2) is 14.8 Å². The van der Waals surface area contributed by atoms with Crippen LogP contribution in [0, 0.1) is 0 Å². The molecule has 0 radical (unpaired) electrons. The van der Waals surface area contributed by atoms with Gasteiger partial charge in [-0.3, -0.25) is 0 Å². The van der Waals surface area contributed by atoms with Crippen molar-refractivity contribution in [2.45, 2.75) is 0 Å². The Morgan fingerprint density at radius 2 is 2.09 bits per heavy atom. The monoisotopic (exact) mass is 303 g/mol. The Labute approximate surface area is 127 Å². The first-order valence-corrected chi connectivity index (χ1v) is 6.64. The van der Waals surface area contributed by atoms with Crippen LogP contribution < -0.4 is 10.1 Å². The topological polar surface area (TPSA) is 93.6 Å². The zero-order valence-corrected chi connectivity index (χ0v) is 12.4. The lowest BCUT2D eigenvalue weighted by atomic mass is 10.2. The number of para-hydroxylation sites is 1. The number of hydrogen-bond acceptors (Lipinski definition) is 6. The highest BCUT2D eigenvalue weighted by molar-refractivity contribution is 5.93. The van der Waals surface area contributed by atoms with Crippen LogP contribution in [0.1, 0.15) is 10.4 Å². The van der Waals surface area contributed by atoms with Crippen LogP contribution in [0.3, 0.4) is 0 Å². The summed E-state index contributed by atoms with van der Waals surface area (Å²) in [7, 11) is 3.13. The van der Waals surface area contributed by atoms with E-state index in [2.05, 4.69) is 15.3 Å². The number of nitrogens with zero attached hydrogens (tertiary/aromatic N) is 2. The van der Waals surface area contributed by atoms with Gasteiger partial charge in [0.25, 0.3) is 0 Å². The molecule has 0 atom stereocenters. The number of nitrogens with one attached hydrogen (secondary N) is 1. The first kappa shape index (κ1) is 15.7. The number of carbonyl (C=O) groups is 1. The van der Waals surface area contributed by atoms with Crippen LogP contribution in [0.15, 0.2) is 30.5 Å². The lowest BCUT2D eigenvalue weighted by Gasteiger charge is -2.11. The van der Waals surface area contributed by atoms with Crippen molar-refractivity contribution in [2.24, 2.45) is 0 Å². The summed E-state index contributed by atoms with van der Waals surface area (Å²) >= 11 is 0. The van der Waals surface area contributed by atoms with E-state index in [9.17, 15) is 9.90 Å². The van der Waals surface area contributed by atoms with Gasteiger partial charge in [-0.1, -0.05) is 12.1 Å². The maximum Gasteiger partial charge on any atom is 0.341 e. The van der Waals surface area contributed by atoms with Crippen molar-refractivity contribution in [2.75, 3.05) is 32.7 Å². The molecule has 0 aliphatic carbocycles. The summed E-state index contributed by atoms with van der Waals surface area (Å²) in [5, 5.41) is 12.2. The van der Waals surface area contributed by atoms with E-state index >= 15 is 0 Å². The van der Waals surface area contributed by atoms with Crippen molar-refractivity contribution in [1.82, 2.24) is 9.97 Å². The summed E-state index contributed by atoms with van der Waals surface area (Å²) in [6, 6.07) is 7.28. The normalized spacial score (nSPS) is 10.3. The number of aromatic carboxylic acids is 1. The fourth-order valence-corrected chi connectivity index (χ4v) is 1.90. The summed E-state index contributed by atoms with van der Waals surface area (Å²) in [6.07, 6.45) is 1.28. The maximum absolute atomic E-state index is 11.2. The van der Waals surface area contributed by atoms with E-state index in [0.29, 0.717) is 30.3 Å². The molecule has 0 bridgehead atoms. The van der Waals surface area contributed by atoms with E-state index in [1.807, 2.05) is 18.2 Å². The lowest BCUT2D eigenvalue weighted by molar-refractivity contribution is 0.0697. The van der Waals surface area contributed by atoms with Crippen LogP contribution in [-0.2, 0) is 4.74 Å². The molecular weight excluding hydrogens is 286 g/mol. The van der Waals surface area contributed by atoms with Crippen molar-refractivity contribution in [3.8, 4) is 17.1 Å². The van der Waals surface area contributed by atoms with Crippen molar-refractivity contribution in [1.29, 1.82) is 0 Å². The molecule has 0 spiro atoms. The van der Waals surface area contributed by atoms with Gasteiger partial charge in [0.1, 0.15) is 17.1 Å². The van der Waals surface area contributed by atoms with E-state index in [-0.39, 0.29) is 11.4 Å². The number of carboxylic acids is 1. The molecule has 7 nitrogen and oxygen atoms in total. The van der Waals surface area contributed by atoms with Gasteiger partial charge in [0, 0.05) is 19.9 Å². The highest BCUT2D eigenvalue weighted by Crippen LogP contribution is 2.28. The van der Waals surface area contributed by atoms with Gasteiger partial charge in [-0.05, 0) is 12.1 Å². The molecule has 0 fully saturated rings. The van der Waals surface area contributed by atoms with E-state index in [0.717, 1.165) is 0 Å². The van der Waals surface area contributed by atoms with E-state index in [1.165, 1.54) is 6.20 Å². The zero-order valence-electron chi connectivity index (χ0n) is 12.4. The van der Waals surface area contributed by atoms with E-state index in [4.69, 9.17) is 9.47 Å². The van der Waals surface area contributed by atoms with Crippen LogP contribution in [0.5, 0.6) is 5.75 Å². The molecule has 1 aromatic heterocycles. The maximum atomic E-state index is 11.2. The Morgan fingerprint density at radius 1 is 1.32 bits per heavy atom. The van der Waals surface area contributed by atoms with Crippen LogP contribution in [-0.4, -0.2) is 48.4 Å². The molecule has 2 rings (SSSR count). The number of aromatic nitrogens is 2. The second-order valence-electron chi connectivity index (χ2n) is 4.38. The first-order chi connectivity index (χ1) is 10.7. The van der Waals surface area contributed by atoms with Gasteiger partial charge in [-0.15, -0.1) is 0 Å². The second-order valence-corrected chi connectivity index (χ2v) is 4.38. The smallest absolute Gasteiger partial charge is 0.341 e. The number of benzene rings is 1. The van der Waals surface area contributed by atoms with E-state index in [1.54, 1.807) is 20.3 Å². The van der Waals surface area contributed by atoms with Crippen LogP contribution in [0.2, 0.25) is 0 Å². The van der Waals surface area contributed by atoms with Gasteiger partial charge >= 0.3 is 5.97 Å². The van der Waals surface area contributed by atoms with Gasteiger partial charge < -0.3 is 19.9 Å². The Morgan fingerprint density at radius 3 is 2.77 bits per heavy atom. The molecule has 0 unspecified atom stereocenters. The predicted octanol–water partition coefficient (Wildman–Crippen LogP) is 1.91. The summed E-state index contributed by atoms with van der Waals surface area (Å²) < 4.78 is 10.2. The second kappa shape index (κ2) is 7.37. The summed E-state index contributed by atoms with van der Waals surface area (Å²) in [4.78, 5) is 19.7. The van der Waals surface area contributed by atoms with Crippen molar-refractivity contribution < 1.29 is 19.4 Å². The predicted molar refractivity (Wildman–Crippen MR) is 81.3 cm³/mol. The Balaban J connectivity index is 2.41. The fourth-order valence-electron chi connectivity index (χ4n) is 1.90. The van der Waals surface area contributed by atoms with Crippen LogP contribution in [0.4, 0.5) is 5.82 Å². The minimum atomic E-state index is -1.09. The molecule has 0 saturated carbocycles. The largest absolute Gasteiger partial charge is 0.496 e. The molecule has 0 aliphatic heterocycles. The lowest BCUT2D eigenvalue weighted by Crippen LogP contribution is -2.14. The van der Waals surface area contributed by atoms with Gasteiger partial charge in [0.05, 0.1) is 19.3 Å². The molecule has 1 aromatic carbocycles. The molecule has 0 aliphatic rings. The minimum absolute atomic E-state index is 0.00903. The molecule has 1 heterocycles. The van der Waals surface area contributed by atoms with Gasteiger partial charge in [0.2, 0.25) is 0 Å². The highest BCUT2D eigenvalue weighted by atomic mass is 16.5. The average Bonchev–Trinajstić information content (AvgIpc) is 2.54. The van der Waals surface area contributed by atoms with Crippen molar-refractivity contribution in [3.05, 3.63) is 36.0 Å². The molecule has 22 heavy (non-hydrogen) atoms. The van der Waals surface area contributed by atoms with Crippen molar-refractivity contribution in [3.63, 3.8) is 0 Å². The molecule has 0 saturated heterocycles. The third-order valence-corrected chi connectivity index (χ3v) is 2.97. The fraction of sp³-hybridized carbons (Fsp3) is 0.267. The van der Waals surface area contributed by atoms with Gasteiger partial charge in [0.15, 0.2) is 5.82 Å². The Kier molecular flexibility index (Phi) is 5.26. The van der Waals surface area contributed by atoms with Crippen LogP contribution in [0.25, 0.3) is 11.4 Å². The summed E-state index contributed by atoms with van der Waals surface area (Å²) in [6.45, 7) is 0.881. The number of carboxylic acid groups (broad SMARTS) is 1. The molecule has 7 heteroatoms. The zero-order chi connectivity index (χ0) is 15.9. The minimum Gasteiger partial charge on any atom is -0.496 e. The number of ether oxygens (including phenoxy) is 2. The molecule has 2 aromatic rings. The quantitative estimate of drug-likeness (QED) is 0.754. The highest BCUT2D eigenvalue weighted by Gasteiger charge is 2.16. The molecule has 2 N–H and O–H groups in total. The molecule has 116 valence electrons. The number of methoxy groups -OCH3 is 2. The number of hydrogen-bond donors (Lipinski definition) is 2. The first-order valence-electron chi connectivity index (χ1n) is 6.64. The average molecular weight is 303 g/mol. The third-order valence-electron chi connectivity index (χ3n) is 2.97. The Hall–Kier alpha value is -2.67. The standard InChI is InChI=1S/C15H17N3O4/c1-21-8-7-16-14-11(15(19)20)9-17-13(18-14)10-5-3-4-6-12(10)22-2/h3-6,9H,7-8H2,1-2H3,(H,19,20)(H,16,17,18). The van der Waals surface area contributed by atoms with Crippen molar-refractivity contribution >= 4 is 11.8 Å². The summed E-state index contributed by atoms with van der Waals surface area (Å²) in [5.41, 5.74) is 0.700. The summed E-state index contributed by atoms with van der Waals surface area (Å²) in [5.74, 6) is 0.169. The van der Waals surface area contributed by atoms with Crippen LogP contribution >= 0.6 is 0 Å². The van der Waals surface area contributed by atoms with Gasteiger partial charge in [-0.2, -0.15) is 0 Å². The number of anilines is 1. The Bertz CT molecular complexity index is 661. The van der Waals surface area contributed by atoms with E-state index < -0.39 is 5.97 Å². The molecule has 0 amide bonds. The SMILES string of the molecule is COCCNc1nc(-c2ccccc2OC)ncc1C(=O)O. The third kappa shape index (κ3) is 3.50.